The molecule has 116 valence electrons. The van der Waals surface area contributed by atoms with Crippen LogP contribution in [0, 0.1) is 11.8 Å². The zero-order valence-corrected chi connectivity index (χ0v) is 14.3. The summed E-state index contributed by atoms with van der Waals surface area (Å²) in [5.74, 6) is 8.52. The average molecular weight is 353 g/mol. The highest BCUT2D eigenvalue weighted by Gasteiger charge is 2.27. The van der Waals surface area contributed by atoms with Crippen LogP contribution in [0.3, 0.4) is 0 Å². The van der Waals surface area contributed by atoms with Crippen molar-refractivity contribution in [2.45, 2.75) is 51.5 Å². The van der Waals surface area contributed by atoms with Gasteiger partial charge in [0.2, 0.25) is 0 Å². The first-order valence-electron chi connectivity index (χ1n) is 8.07. The van der Waals surface area contributed by atoms with Crippen LogP contribution in [0.25, 0.3) is 0 Å². The van der Waals surface area contributed by atoms with Crippen LogP contribution in [0.4, 0.5) is 0 Å². The highest BCUT2D eigenvalue weighted by atomic mass is 79.9. The summed E-state index contributed by atoms with van der Waals surface area (Å²) in [7, 11) is 0. The van der Waals surface area contributed by atoms with Gasteiger partial charge in [0.05, 0.1) is 6.61 Å². The SMILES string of the molecule is CC1CCC(C(Cc2cc(Br)cc3c2OCC3)NN)CC1. The van der Waals surface area contributed by atoms with Gasteiger partial charge in [0, 0.05) is 16.9 Å². The predicted octanol–water partition coefficient (Wildman–Crippen LogP) is 3.58. The number of nitrogens with two attached hydrogens (primary N) is 1. The van der Waals surface area contributed by atoms with Gasteiger partial charge >= 0.3 is 0 Å². The van der Waals surface area contributed by atoms with Gasteiger partial charge in [-0.1, -0.05) is 35.7 Å². The van der Waals surface area contributed by atoms with E-state index >= 15 is 0 Å². The van der Waals surface area contributed by atoms with Gasteiger partial charge in [-0.2, -0.15) is 0 Å². The topological polar surface area (TPSA) is 47.3 Å². The van der Waals surface area contributed by atoms with E-state index in [1.54, 1.807) is 0 Å². The van der Waals surface area contributed by atoms with E-state index in [-0.39, 0.29) is 0 Å². The molecular formula is C17H25BrN2O. The Kier molecular flexibility index (Phi) is 4.87. The number of hydrogen-bond donors (Lipinski definition) is 2. The number of nitrogens with one attached hydrogen (secondary N) is 1. The largest absolute Gasteiger partial charge is 0.493 e. The fraction of sp³-hybridized carbons (Fsp3) is 0.647. The van der Waals surface area contributed by atoms with Crippen molar-refractivity contribution in [2.75, 3.05) is 6.61 Å². The van der Waals surface area contributed by atoms with Gasteiger partial charge in [0.25, 0.3) is 0 Å². The number of rotatable bonds is 4. The summed E-state index contributed by atoms with van der Waals surface area (Å²) in [6.45, 7) is 3.16. The summed E-state index contributed by atoms with van der Waals surface area (Å²) in [5, 5.41) is 0. The molecule has 1 atom stereocenters. The Labute approximate surface area is 135 Å². The lowest BCUT2D eigenvalue weighted by molar-refractivity contribution is 0.228. The van der Waals surface area contributed by atoms with Crippen LogP contribution in [-0.2, 0) is 12.8 Å². The molecule has 1 aliphatic carbocycles. The van der Waals surface area contributed by atoms with E-state index < -0.39 is 0 Å². The molecule has 0 bridgehead atoms. The zero-order chi connectivity index (χ0) is 14.8. The molecular weight excluding hydrogens is 328 g/mol. The van der Waals surface area contributed by atoms with Crippen LogP contribution in [0.5, 0.6) is 5.75 Å². The molecule has 0 spiro atoms. The van der Waals surface area contributed by atoms with Crippen molar-refractivity contribution in [1.29, 1.82) is 0 Å². The van der Waals surface area contributed by atoms with E-state index in [4.69, 9.17) is 10.6 Å². The summed E-state index contributed by atoms with van der Waals surface area (Å²) in [4.78, 5) is 0. The summed E-state index contributed by atoms with van der Waals surface area (Å²) < 4.78 is 6.99. The second-order valence-corrected chi connectivity index (χ2v) is 7.56. The molecule has 0 amide bonds. The summed E-state index contributed by atoms with van der Waals surface area (Å²) in [5.41, 5.74) is 5.69. The maximum atomic E-state index is 5.87. The zero-order valence-electron chi connectivity index (χ0n) is 12.7. The second kappa shape index (κ2) is 6.67. The maximum absolute atomic E-state index is 5.87. The van der Waals surface area contributed by atoms with Crippen molar-refractivity contribution in [3.05, 3.63) is 27.7 Å². The number of fused-ring (bicyclic) bond motifs is 1. The van der Waals surface area contributed by atoms with Gasteiger partial charge in [0.1, 0.15) is 5.75 Å². The molecule has 0 aromatic heterocycles. The molecule has 1 saturated carbocycles. The standard InChI is InChI=1S/C17H25BrN2O/c1-11-2-4-12(5-3-11)16(20-19)10-14-9-15(18)8-13-6-7-21-17(13)14/h8-9,11-12,16,20H,2-7,10,19H2,1H3. The van der Waals surface area contributed by atoms with E-state index in [2.05, 4.69) is 40.4 Å². The van der Waals surface area contributed by atoms with E-state index in [0.717, 1.165) is 35.6 Å². The Morgan fingerprint density at radius 3 is 2.81 bits per heavy atom. The molecule has 1 aliphatic heterocycles. The normalized spacial score (nSPS) is 26.2. The van der Waals surface area contributed by atoms with Gasteiger partial charge in [-0.05, 0) is 54.4 Å². The molecule has 3 N–H and O–H groups in total. The molecule has 1 fully saturated rings. The number of halogens is 1. The van der Waals surface area contributed by atoms with Crippen LogP contribution in [0.15, 0.2) is 16.6 Å². The third-order valence-corrected chi connectivity index (χ3v) is 5.57. The lowest BCUT2D eigenvalue weighted by Crippen LogP contribution is -2.43. The van der Waals surface area contributed by atoms with E-state index in [0.29, 0.717) is 12.0 Å². The second-order valence-electron chi connectivity index (χ2n) is 6.65. The summed E-state index contributed by atoms with van der Waals surface area (Å²) >= 11 is 3.62. The van der Waals surface area contributed by atoms with Crippen molar-refractivity contribution in [1.82, 2.24) is 5.43 Å². The van der Waals surface area contributed by atoms with Crippen molar-refractivity contribution in [3.63, 3.8) is 0 Å². The molecule has 0 saturated heterocycles. The Bertz CT molecular complexity index is 498. The van der Waals surface area contributed by atoms with Gasteiger partial charge in [-0.3, -0.25) is 11.3 Å². The monoisotopic (exact) mass is 352 g/mol. The van der Waals surface area contributed by atoms with Crippen LogP contribution in [0.1, 0.15) is 43.7 Å². The number of ether oxygens (including phenoxy) is 1. The Balaban J connectivity index is 1.75. The third-order valence-electron chi connectivity index (χ3n) is 5.11. The Morgan fingerprint density at radius 2 is 2.10 bits per heavy atom. The molecule has 3 nitrogen and oxygen atoms in total. The molecule has 3 rings (SSSR count). The minimum Gasteiger partial charge on any atom is -0.493 e. The van der Waals surface area contributed by atoms with Crippen LogP contribution >= 0.6 is 15.9 Å². The highest BCUT2D eigenvalue weighted by Crippen LogP contribution is 2.36. The molecule has 1 aromatic carbocycles. The van der Waals surface area contributed by atoms with E-state index in [9.17, 15) is 0 Å². The summed E-state index contributed by atoms with van der Waals surface area (Å²) in [6.07, 6.45) is 7.20. The molecule has 2 aliphatic rings. The molecule has 1 heterocycles. The first kappa shape index (κ1) is 15.3. The number of hydrazine groups is 1. The van der Waals surface area contributed by atoms with Crippen LogP contribution in [0.2, 0.25) is 0 Å². The van der Waals surface area contributed by atoms with Gasteiger partial charge in [-0.25, -0.2) is 0 Å². The van der Waals surface area contributed by atoms with Gasteiger partial charge < -0.3 is 4.74 Å². The van der Waals surface area contributed by atoms with Crippen molar-refractivity contribution < 1.29 is 4.74 Å². The van der Waals surface area contributed by atoms with Crippen molar-refractivity contribution >= 4 is 15.9 Å². The molecule has 1 aromatic rings. The lowest BCUT2D eigenvalue weighted by Gasteiger charge is -2.32. The average Bonchev–Trinajstić information content (AvgIpc) is 2.94. The quantitative estimate of drug-likeness (QED) is 0.643. The Morgan fingerprint density at radius 1 is 1.33 bits per heavy atom. The highest BCUT2D eigenvalue weighted by molar-refractivity contribution is 9.10. The smallest absolute Gasteiger partial charge is 0.125 e. The van der Waals surface area contributed by atoms with Gasteiger partial charge in [-0.15, -0.1) is 0 Å². The maximum Gasteiger partial charge on any atom is 0.125 e. The lowest BCUT2D eigenvalue weighted by atomic mass is 9.78. The van der Waals surface area contributed by atoms with Crippen LogP contribution < -0.4 is 16.0 Å². The number of hydrogen-bond acceptors (Lipinski definition) is 3. The number of benzene rings is 1. The fourth-order valence-electron chi connectivity index (χ4n) is 3.78. The van der Waals surface area contributed by atoms with E-state index in [1.807, 2.05) is 0 Å². The van der Waals surface area contributed by atoms with Crippen LogP contribution in [-0.4, -0.2) is 12.6 Å². The molecule has 21 heavy (non-hydrogen) atoms. The summed E-state index contributed by atoms with van der Waals surface area (Å²) in [6, 6.07) is 4.72. The van der Waals surface area contributed by atoms with Crippen molar-refractivity contribution in [2.24, 2.45) is 17.7 Å². The Hall–Kier alpha value is -0.580. The first-order valence-corrected chi connectivity index (χ1v) is 8.87. The van der Waals surface area contributed by atoms with Crippen molar-refractivity contribution in [3.8, 4) is 5.75 Å². The predicted molar refractivity (Wildman–Crippen MR) is 89.3 cm³/mol. The van der Waals surface area contributed by atoms with E-state index in [1.165, 1.54) is 36.8 Å². The molecule has 1 unspecified atom stereocenters. The third kappa shape index (κ3) is 3.43. The van der Waals surface area contributed by atoms with Gasteiger partial charge in [0.15, 0.2) is 0 Å². The molecule has 4 heteroatoms. The molecule has 0 radical (unpaired) electrons. The minimum absolute atomic E-state index is 0.347. The first-order chi connectivity index (χ1) is 10.2. The minimum atomic E-state index is 0.347. The fourth-order valence-corrected chi connectivity index (χ4v) is 4.34.